The summed E-state index contributed by atoms with van der Waals surface area (Å²) in [6.07, 6.45) is 1.88. The Morgan fingerprint density at radius 1 is 1.28 bits per heavy atom. The lowest BCUT2D eigenvalue weighted by atomic mass is 10.2. The Labute approximate surface area is 110 Å². The van der Waals surface area contributed by atoms with Gasteiger partial charge in [0.25, 0.3) is 0 Å². The molecule has 0 saturated heterocycles. The molecule has 1 aliphatic rings. The first-order chi connectivity index (χ1) is 8.86. The zero-order chi connectivity index (χ0) is 12.4. The van der Waals surface area contributed by atoms with Gasteiger partial charge in [0.15, 0.2) is 16.6 Å². The van der Waals surface area contributed by atoms with E-state index in [9.17, 15) is 0 Å². The molecule has 3 rings (SSSR count). The zero-order valence-electron chi connectivity index (χ0n) is 10.1. The van der Waals surface area contributed by atoms with Crippen molar-refractivity contribution in [3.63, 3.8) is 0 Å². The SMILES string of the molecule is CCNc1ncc(-c2ccc3c(c2)OCCO3)s1. The van der Waals surface area contributed by atoms with Crippen molar-refractivity contribution in [2.75, 3.05) is 25.1 Å². The lowest BCUT2D eigenvalue weighted by Gasteiger charge is -2.18. The van der Waals surface area contributed by atoms with E-state index >= 15 is 0 Å². The van der Waals surface area contributed by atoms with E-state index in [1.807, 2.05) is 24.4 Å². The van der Waals surface area contributed by atoms with E-state index in [0.29, 0.717) is 13.2 Å². The van der Waals surface area contributed by atoms with Crippen molar-refractivity contribution in [2.45, 2.75) is 6.92 Å². The maximum Gasteiger partial charge on any atom is 0.183 e. The lowest BCUT2D eigenvalue weighted by Crippen LogP contribution is -2.15. The van der Waals surface area contributed by atoms with Crippen molar-refractivity contribution in [3.8, 4) is 21.9 Å². The molecule has 4 nitrogen and oxygen atoms in total. The largest absolute Gasteiger partial charge is 0.486 e. The minimum Gasteiger partial charge on any atom is -0.486 e. The molecule has 94 valence electrons. The summed E-state index contributed by atoms with van der Waals surface area (Å²) in [5, 5.41) is 4.16. The molecule has 2 aromatic rings. The van der Waals surface area contributed by atoms with Crippen LogP contribution in [-0.2, 0) is 0 Å². The molecule has 18 heavy (non-hydrogen) atoms. The highest BCUT2D eigenvalue weighted by Gasteiger charge is 2.13. The van der Waals surface area contributed by atoms with Gasteiger partial charge in [-0.1, -0.05) is 11.3 Å². The molecule has 0 unspecified atom stereocenters. The van der Waals surface area contributed by atoms with E-state index in [2.05, 4.69) is 17.2 Å². The van der Waals surface area contributed by atoms with Crippen LogP contribution in [0.3, 0.4) is 0 Å². The Bertz CT molecular complexity index is 554. The van der Waals surface area contributed by atoms with Gasteiger partial charge in [-0.25, -0.2) is 4.98 Å². The van der Waals surface area contributed by atoms with E-state index in [-0.39, 0.29) is 0 Å². The van der Waals surface area contributed by atoms with Crippen molar-refractivity contribution in [1.29, 1.82) is 0 Å². The number of nitrogens with zero attached hydrogens (tertiary/aromatic N) is 1. The molecule has 0 radical (unpaired) electrons. The van der Waals surface area contributed by atoms with Crippen LogP contribution >= 0.6 is 11.3 Å². The summed E-state index contributed by atoms with van der Waals surface area (Å²) < 4.78 is 11.1. The average Bonchev–Trinajstić information content (AvgIpc) is 2.87. The quantitative estimate of drug-likeness (QED) is 0.923. The van der Waals surface area contributed by atoms with Crippen LogP contribution in [0.2, 0.25) is 0 Å². The van der Waals surface area contributed by atoms with Gasteiger partial charge in [0.2, 0.25) is 0 Å². The van der Waals surface area contributed by atoms with Gasteiger partial charge in [-0.3, -0.25) is 0 Å². The molecule has 0 saturated carbocycles. The van der Waals surface area contributed by atoms with Gasteiger partial charge in [-0.15, -0.1) is 0 Å². The number of anilines is 1. The second kappa shape index (κ2) is 4.86. The number of fused-ring (bicyclic) bond motifs is 1. The fraction of sp³-hybridized carbons (Fsp3) is 0.308. The Morgan fingerprint density at radius 3 is 2.94 bits per heavy atom. The molecule has 5 heteroatoms. The van der Waals surface area contributed by atoms with Gasteiger partial charge in [-0.05, 0) is 30.7 Å². The van der Waals surface area contributed by atoms with Crippen LogP contribution in [0, 0.1) is 0 Å². The molecular weight excluding hydrogens is 248 g/mol. The number of hydrogen-bond acceptors (Lipinski definition) is 5. The Morgan fingerprint density at radius 2 is 2.11 bits per heavy atom. The molecule has 2 heterocycles. The van der Waals surface area contributed by atoms with Crippen LogP contribution in [0.5, 0.6) is 11.5 Å². The van der Waals surface area contributed by atoms with Gasteiger partial charge in [0.1, 0.15) is 13.2 Å². The van der Waals surface area contributed by atoms with E-state index in [4.69, 9.17) is 9.47 Å². The maximum absolute atomic E-state index is 5.58. The molecule has 0 spiro atoms. The Balaban J connectivity index is 1.91. The van der Waals surface area contributed by atoms with Crippen LogP contribution < -0.4 is 14.8 Å². The van der Waals surface area contributed by atoms with E-state index in [1.54, 1.807) is 11.3 Å². The van der Waals surface area contributed by atoms with Crippen LogP contribution in [0.25, 0.3) is 10.4 Å². The smallest absolute Gasteiger partial charge is 0.183 e. The average molecular weight is 262 g/mol. The van der Waals surface area contributed by atoms with Crippen molar-refractivity contribution in [3.05, 3.63) is 24.4 Å². The third-order valence-corrected chi connectivity index (χ3v) is 3.66. The molecule has 0 aliphatic carbocycles. The minimum absolute atomic E-state index is 0.613. The highest BCUT2D eigenvalue weighted by Crippen LogP contribution is 2.36. The van der Waals surface area contributed by atoms with Gasteiger partial charge in [0.05, 0.1) is 4.88 Å². The molecule has 0 fully saturated rings. The molecule has 0 atom stereocenters. The van der Waals surface area contributed by atoms with Gasteiger partial charge in [-0.2, -0.15) is 0 Å². The van der Waals surface area contributed by atoms with E-state index in [1.165, 1.54) is 0 Å². The van der Waals surface area contributed by atoms with Crippen molar-refractivity contribution in [1.82, 2.24) is 4.98 Å². The molecule has 1 aromatic heterocycles. The molecule has 1 aliphatic heterocycles. The van der Waals surface area contributed by atoms with E-state index in [0.717, 1.165) is 33.6 Å². The fourth-order valence-electron chi connectivity index (χ4n) is 1.84. The third kappa shape index (κ3) is 2.13. The number of aromatic nitrogens is 1. The van der Waals surface area contributed by atoms with Gasteiger partial charge in [0, 0.05) is 12.7 Å². The van der Waals surface area contributed by atoms with Crippen LogP contribution in [0.1, 0.15) is 6.92 Å². The number of rotatable bonds is 3. The van der Waals surface area contributed by atoms with Crippen LogP contribution in [0.4, 0.5) is 5.13 Å². The summed E-state index contributed by atoms with van der Waals surface area (Å²) in [5.41, 5.74) is 1.11. The number of hydrogen-bond donors (Lipinski definition) is 1. The maximum atomic E-state index is 5.58. The fourth-order valence-corrected chi connectivity index (χ4v) is 2.72. The second-order valence-corrected chi connectivity index (χ2v) is 4.95. The number of benzene rings is 1. The monoisotopic (exact) mass is 262 g/mol. The van der Waals surface area contributed by atoms with Crippen molar-refractivity contribution >= 4 is 16.5 Å². The summed E-state index contributed by atoms with van der Waals surface area (Å²) in [4.78, 5) is 5.46. The molecular formula is C13H14N2O2S. The minimum atomic E-state index is 0.613. The Kier molecular flexibility index (Phi) is 3.06. The first-order valence-electron chi connectivity index (χ1n) is 5.96. The highest BCUT2D eigenvalue weighted by atomic mass is 32.1. The second-order valence-electron chi connectivity index (χ2n) is 3.92. The van der Waals surface area contributed by atoms with Gasteiger partial charge < -0.3 is 14.8 Å². The molecule has 0 amide bonds. The molecule has 1 N–H and O–H groups in total. The van der Waals surface area contributed by atoms with Crippen molar-refractivity contribution in [2.24, 2.45) is 0 Å². The first-order valence-corrected chi connectivity index (χ1v) is 6.78. The number of thiazole rings is 1. The standard InChI is InChI=1S/C13H14N2O2S/c1-2-14-13-15-8-12(18-13)9-3-4-10-11(7-9)17-6-5-16-10/h3-4,7-8H,2,5-6H2,1H3,(H,14,15). The first kappa shape index (κ1) is 11.3. The number of ether oxygens (including phenoxy) is 2. The normalized spacial score (nSPS) is 13.4. The summed E-state index contributed by atoms with van der Waals surface area (Å²) in [5.74, 6) is 1.64. The number of nitrogens with one attached hydrogen (secondary N) is 1. The highest BCUT2D eigenvalue weighted by molar-refractivity contribution is 7.18. The topological polar surface area (TPSA) is 43.4 Å². The summed E-state index contributed by atoms with van der Waals surface area (Å²) >= 11 is 1.64. The van der Waals surface area contributed by atoms with E-state index < -0.39 is 0 Å². The van der Waals surface area contributed by atoms with Gasteiger partial charge >= 0.3 is 0 Å². The summed E-state index contributed by atoms with van der Waals surface area (Å²) in [6.45, 7) is 4.18. The van der Waals surface area contributed by atoms with Crippen LogP contribution in [-0.4, -0.2) is 24.7 Å². The van der Waals surface area contributed by atoms with Crippen LogP contribution in [0.15, 0.2) is 24.4 Å². The molecule has 0 bridgehead atoms. The Hall–Kier alpha value is -1.75. The summed E-state index contributed by atoms with van der Waals surface area (Å²) in [6, 6.07) is 6.00. The predicted molar refractivity (Wildman–Crippen MR) is 72.7 cm³/mol. The predicted octanol–water partition coefficient (Wildman–Crippen LogP) is 3.01. The molecule has 1 aromatic carbocycles. The zero-order valence-corrected chi connectivity index (χ0v) is 10.9. The van der Waals surface area contributed by atoms with Crippen molar-refractivity contribution < 1.29 is 9.47 Å². The third-order valence-electron chi connectivity index (χ3n) is 2.66. The summed E-state index contributed by atoms with van der Waals surface area (Å²) in [7, 11) is 0. The lowest BCUT2D eigenvalue weighted by molar-refractivity contribution is 0.171.